The molecule has 2 amide bonds. The fourth-order valence-electron chi connectivity index (χ4n) is 2.49. The Bertz CT molecular complexity index is 1080. The van der Waals surface area contributed by atoms with Crippen LogP contribution in [0.1, 0.15) is 15.9 Å². The van der Waals surface area contributed by atoms with Crippen molar-refractivity contribution in [2.45, 2.75) is 6.92 Å². The van der Waals surface area contributed by atoms with Gasteiger partial charge in [0.05, 0.1) is 4.92 Å². The zero-order valence-corrected chi connectivity index (χ0v) is 16.5. The molecule has 2 N–H and O–H groups in total. The van der Waals surface area contributed by atoms with Crippen molar-refractivity contribution in [3.8, 4) is 17.2 Å². The van der Waals surface area contributed by atoms with Gasteiger partial charge in [0.2, 0.25) is 0 Å². The van der Waals surface area contributed by atoms with Crippen molar-refractivity contribution in [3.05, 3.63) is 94.0 Å². The SMILES string of the molecule is Cc1ccc(Oc2ccc(OCC(=O)NNC(=O)c3cccc([N+](=O)[O-])c3)cc2)cc1. The number of nitro groups is 1. The summed E-state index contributed by atoms with van der Waals surface area (Å²) < 4.78 is 11.1. The molecule has 0 unspecified atom stereocenters. The molecule has 3 aromatic rings. The summed E-state index contributed by atoms with van der Waals surface area (Å²) in [6.07, 6.45) is 0. The zero-order chi connectivity index (χ0) is 22.2. The number of hydrazine groups is 1. The Morgan fingerprint density at radius 3 is 2.16 bits per heavy atom. The van der Waals surface area contributed by atoms with Gasteiger partial charge >= 0.3 is 0 Å². The van der Waals surface area contributed by atoms with Crippen molar-refractivity contribution in [1.82, 2.24) is 10.9 Å². The number of carbonyl (C=O) groups is 2. The van der Waals surface area contributed by atoms with Gasteiger partial charge in [-0.05, 0) is 49.4 Å². The first kappa shape index (κ1) is 21.3. The number of carbonyl (C=O) groups excluding carboxylic acids is 2. The van der Waals surface area contributed by atoms with Crippen LogP contribution in [-0.2, 0) is 4.79 Å². The van der Waals surface area contributed by atoms with Crippen molar-refractivity contribution in [2.75, 3.05) is 6.61 Å². The normalized spacial score (nSPS) is 10.1. The predicted octanol–water partition coefficient (Wildman–Crippen LogP) is 3.54. The Labute approximate surface area is 177 Å². The molecule has 0 saturated heterocycles. The predicted molar refractivity (Wildman–Crippen MR) is 112 cm³/mol. The largest absolute Gasteiger partial charge is 0.484 e. The van der Waals surface area contributed by atoms with Gasteiger partial charge < -0.3 is 9.47 Å². The van der Waals surface area contributed by atoms with E-state index in [9.17, 15) is 19.7 Å². The van der Waals surface area contributed by atoms with Crippen molar-refractivity contribution in [1.29, 1.82) is 0 Å². The molecule has 0 spiro atoms. The molecule has 0 atom stereocenters. The number of ether oxygens (including phenoxy) is 2. The minimum absolute atomic E-state index is 0.0413. The zero-order valence-electron chi connectivity index (χ0n) is 16.5. The molecule has 0 bridgehead atoms. The number of benzene rings is 3. The Morgan fingerprint density at radius 1 is 0.903 bits per heavy atom. The molecule has 0 saturated carbocycles. The number of nitro benzene ring substituents is 1. The van der Waals surface area contributed by atoms with E-state index < -0.39 is 16.7 Å². The number of hydrogen-bond acceptors (Lipinski definition) is 6. The van der Waals surface area contributed by atoms with Gasteiger partial charge in [0.25, 0.3) is 17.5 Å². The van der Waals surface area contributed by atoms with Crippen LogP contribution in [0.4, 0.5) is 5.69 Å². The van der Waals surface area contributed by atoms with Crippen LogP contribution in [-0.4, -0.2) is 23.3 Å². The van der Waals surface area contributed by atoms with Crippen LogP contribution in [0.2, 0.25) is 0 Å². The van der Waals surface area contributed by atoms with E-state index in [1.54, 1.807) is 24.3 Å². The molecule has 0 aliphatic rings. The minimum atomic E-state index is -0.686. The Hall–Kier alpha value is -4.40. The Kier molecular flexibility index (Phi) is 6.79. The van der Waals surface area contributed by atoms with Gasteiger partial charge in [0.1, 0.15) is 17.2 Å². The average Bonchev–Trinajstić information content (AvgIpc) is 2.78. The summed E-state index contributed by atoms with van der Waals surface area (Å²) in [5.74, 6) is 0.479. The highest BCUT2D eigenvalue weighted by atomic mass is 16.6. The summed E-state index contributed by atoms with van der Waals surface area (Å²) in [6.45, 7) is 1.65. The lowest BCUT2D eigenvalue weighted by Crippen LogP contribution is -2.43. The quantitative estimate of drug-likeness (QED) is 0.445. The maximum absolute atomic E-state index is 12.0. The van der Waals surface area contributed by atoms with Crippen molar-refractivity contribution >= 4 is 17.5 Å². The molecular formula is C22H19N3O6. The molecule has 31 heavy (non-hydrogen) atoms. The first-order chi connectivity index (χ1) is 14.9. The van der Waals surface area contributed by atoms with Crippen LogP contribution in [0.5, 0.6) is 17.2 Å². The minimum Gasteiger partial charge on any atom is -0.484 e. The Balaban J connectivity index is 1.45. The summed E-state index contributed by atoms with van der Waals surface area (Å²) in [6, 6.07) is 19.5. The van der Waals surface area contributed by atoms with Gasteiger partial charge in [0.15, 0.2) is 6.61 Å². The molecule has 9 nitrogen and oxygen atoms in total. The van der Waals surface area contributed by atoms with Crippen LogP contribution in [0, 0.1) is 17.0 Å². The summed E-state index contributed by atoms with van der Waals surface area (Å²) in [4.78, 5) is 34.0. The van der Waals surface area contributed by atoms with E-state index in [2.05, 4.69) is 10.9 Å². The van der Waals surface area contributed by atoms with Crippen LogP contribution in [0.15, 0.2) is 72.8 Å². The van der Waals surface area contributed by atoms with E-state index in [-0.39, 0.29) is 17.9 Å². The molecule has 0 radical (unpaired) electrons. The lowest BCUT2D eigenvalue weighted by molar-refractivity contribution is -0.384. The second-order valence-electron chi connectivity index (χ2n) is 6.48. The van der Waals surface area contributed by atoms with Crippen molar-refractivity contribution < 1.29 is 24.0 Å². The number of hydrogen-bond donors (Lipinski definition) is 2. The molecule has 0 heterocycles. The summed E-state index contributed by atoms with van der Waals surface area (Å²) in [7, 11) is 0. The van der Waals surface area contributed by atoms with E-state index >= 15 is 0 Å². The Morgan fingerprint density at radius 2 is 1.52 bits per heavy atom. The number of rotatable bonds is 7. The third-order valence-corrected chi connectivity index (χ3v) is 4.08. The van der Waals surface area contributed by atoms with E-state index in [1.807, 2.05) is 31.2 Å². The van der Waals surface area contributed by atoms with E-state index in [4.69, 9.17) is 9.47 Å². The highest BCUT2D eigenvalue weighted by molar-refractivity contribution is 5.96. The second kappa shape index (κ2) is 9.88. The van der Waals surface area contributed by atoms with Gasteiger partial charge in [-0.2, -0.15) is 0 Å². The van der Waals surface area contributed by atoms with Crippen molar-refractivity contribution in [3.63, 3.8) is 0 Å². The standard InChI is InChI=1S/C22H19N3O6/c1-15-5-7-19(8-6-15)31-20-11-9-18(10-12-20)30-14-21(26)23-24-22(27)16-3-2-4-17(13-16)25(28)29/h2-13H,14H2,1H3,(H,23,26)(H,24,27). The number of amides is 2. The maximum Gasteiger partial charge on any atom is 0.276 e. The fraction of sp³-hybridized carbons (Fsp3) is 0.0909. The molecule has 3 aromatic carbocycles. The average molecular weight is 421 g/mol. The molecule has 158 valence electrons. The lowest BCUT2D eigenvalue weighted by Gasteiger charge is -2.10. The van der Waals surface area contributed by atoms with Crippen LogP contribution >= 0.6 is 0 Å². The van der Waals surface area contributed by atoms with Gasteiger partial charge in [-0.1, -0.05) is 23.8 Å². The van der Waals surface area contributed by atoms with E-state index in [1.165, 1.54) is 18.2 Å². The number of non-ortho nitro benzene ring substituents is 1. The highest BCUT2D eigenvalue weighted by Crippen LogP contribution is 2.24. The summed E-state index contributed by atoms with van der Waals surface area (Å²) >= 11 is 0. The first-order valence-corrected chi connectivity index (χ1v) is 9.22. The first-order valence-electron chi connectivity index (χ1n) is 9.22. The topological polar surface area (TPSA) is 120 Å². The van der Waals surface area contributed by atoms with Crippen LogP contribution in [0.25, 0.3) is 0 Å². The number of nitrogens with zero attached hydrogens (tertiary/aromatic N) is 1. The van der Waals surface area contributed by atoms with Crippen LogP contribution in [0.3, 0.4) is 0 Å². The third kappa shape index (κ3) is 6.29. The molecule has 0 aliphatic carbocycles. The lowest BCUT2D eigenvalue weighted by atomic mass is 10.2. The van der Waals surface area contributed by atoms with Gasteiger partial charge in [-0.3, -0.25) is 30.6 Å². The smallest absolute Gasteiger partial charge is 0.276 e. The third-order valence-electron chi connectivity index (χ3n) is 4.08. The molecule has 9 heteroatoms. The highest BCUT2D eigenvalue weighted by Gasteiger charge is 2.12. The molecule has 3 rings (SSSR count). The molecule has 0 fully saturated rings. The van der Waals surface area contributed by atoms with E-state index in [0.29, 0.717) is 17.2 Å². The number of nitrogens with one attached hydrogen (secondary N) is 2. The van der Waals surface area contributed by atoms with Gasteiger partial charge in [-0.25, -0.2) is 0 Å². The molecule has 0 aromatic heterocycles. The second-order valence-corrected chi connectivity index (χ2v) is 6.48. The van der Waals surface area contributed by atoms with E-state index in [0.717, 1.165) is 11.6 Å². The van der Waals surface area contributed by atoms with Crippen LogP contribution < -0.4 is 20.3 Å². The van der Waals surface area contributed by atoms with Gasteiger partial charge in [0, 0.05) is 17.7 Å². The maximum atomic E-state index is 12.0. The van der Waals surface area contributed by atoms with Crippen molar-refractivity contribution in [2.24, 2.45) is 0 Å². The van der Waals surface area contributed by atoms with Gasteiger partial charge in [-0.15, -0.1) is 0 Å². The molecule has 0 aliphatic heterocycles. The number of aryl methyl sites for hydroxylation is 1. The summed E-state index contributed by atoms with van der Waals surface area (Å²) in [5.41, 5.74) is 5.32. The fourth-order valence-corrected chi connectivity index (χ4v) is 2.49. The monoisotopic (exact) mass is 421 g/mol. The summed E-state index contributed by atoms with van der Waals surface area (Å²) in [5, 5.41) is 10.8. The molecular weight excluding hydrogens is 402 g/mol.